The zero-order valence-corrected chi connectivity index (χ0v) is 20.0. The molecule has 0 saturated heterocycles. The van der Waals surface area contributed by atoms with Crippen LogP contribution in [0.1, 0.15) is 37.2 Å². The second kappa shape index (κ2) is 10.4. The Morgan fingerprint density at radius 2 is 1.88 bits per heavy atom. The topological polar surface area (TPSA) is 53.4 Å². The molecule has 0 aliphatic heterocycles. The molecule has 0 radical (unpaired) electrons. The van der Waals surface area contributed by atoms with Gasteiger partial charge in [-0.15, -0.1) is 0 Å². The van der Waals surface area contributed by atoms with Crippen molar-refractivity contribution in [1.82, 2.24) is 9.78 Å². The van der Waals surface area contributed by atoms with Crippen molar-refractivity contribution < 1.29 is 45.4 Å². The number of methoxy groups -OCH3 is 2. The monoisotopic (exact) mass is 577 g/mol. The molecule has 1 aromatic heterocycles. The van der Waals surface area contributed by atoms with Crippen molar-refractivity contribution in [3.05, 3.63) is 58.9 Å². The third-order valence-corrected chi connectivity index (χ3v) is 3.98. The number of allylic oxidation sites excluding steroid dienone is 3. The predicted octanol–water partition coefficient (Wildman–Crippen LogP) is 3.91. The molecule has 0 atom stereocenters. The molecule has 6 heteroatoms. The molecule has 26 heavy (non-hydrogen) atoms. The number of hydrogen-bond donors (Lipinski definition) is 0. The van der Waals surface area contributed by atoms with Crippen LogP contribution in [0.25, 0.3) is 5.70 Å². The first kappa shape index (κ1) is 22.3. The van der Waals surface area contributed by atoms with Gasteiger partial charge in [-0.3, -0.25) is 4.68 Å². The largest absolute Gasteiger partial charge is 0.493 e. The standard InChI is InChI=1S/C20H23N2O3.U/c1-6-14(2)7-9-18(22-15(3)11-17(13-23)21-22)16-8-10-19(24-4)20(12-16)25-5;/h7-12H,6H2,1-5H3;/q-1;/b14-7?,18-9-;. The summed E-state index contributed by atoms with van der Waals surface area (Å²) in [6.07, 6.45) is 6.85. The Bertz CT molecular complexity index is 822. The van der Waals surface area contributed by atoms with Gasteiger partial charge in [-0.05, 0) is 55.9 Å². The van der Waals surface area contributed by atoms with Gasteiger partial charge in [-0.2, -0.15) is 6.07 Å². The van der Waals surface area contributed by atoms with Gasteiger partial charge in [0, 0.05) is 43.0 Å². The van der Waals surface area contributed by atoms with Gasteiger partial charge >= 0.3 is 0 Å². The molecule has 1 heterocycles. The number of benzene rings is 1. The molecule has 136 valence electrons. The molecule has 0 aliphatic carbocycles. The average molecular weight is 577 g/mol. The number of rotatable bonds is 7. The number of aromatic nitrogens is 2. The van der Waals surface area contributed by atoms with Gasteiger partial charge in [0.2, 0.25) is 0 Å². The predicted molar refractivity (Wildman–Crippen MR) is 98.7 cm³/mol. The number of aryl methyl sites for hydroxylation is 1. The van der Waals surface area contributed by atoms with Crippen LogP contribution in [-0.2, 0) is 4.79 Å². The summed E-state index contributed by atoms with van der Waals surface area (Å²) >= 11 is 0. The van der Waals surface area contributed by atoms with Gasteiger partial charge in [-0.1, -0.05) is 18.6 Å². The number of hydrogen-bond acceptors (Lipinski definition) is 4. The van der Waals surface area contributed by atoms with E-state index in [1.54, 1.807) is 25.0 Å². The molecule has 0 aliphatic rings. The van der Waals surface area contributed by atoms with Crippen LogP contribution in [0.2, 0.25) is 0 Å². The van der Waals surface area contributed by atoms with Crippen molar-refractivity contribution in [2.75, 3.05) is 14.2 Å². The number of ether oxygens (including phenoxy) is 2. The van der Waals surface area contributed by atoms with E-state index in [-0.39, 0.29) is 36.8 Å². The molecule has 0 amide bonds. The fraction of sp³-hybridized carbons (Fsp3) is 0.300. The van der Waals surface area contributed by atoms with Crippen molar-refractivity contribution in [3.63, 3.8) is 0 Å². The molecule has 0 spiro atoms. The van der Waals surface area contributed by atoms with Gasteiger partial charge in [0.05, 0.1) is 19.9 Å². The zero-order valence-electron chi connectivity index (χ0n) is 15.8. The molecular formula is C20H23N2O3U-. The van der Waals surface area contributed by atoms with Crippen molar-refractivity contribution in [1.29, 1.82) is 0 Å². The van der Waals surface area contributed by atoms with Gasteiger partial charge < -0.3 is 14.3 Å². The van der Waals surface area contributed by atoms with Crippen LogP contribution >= 0.6 is 0 Å². The number of nitrogens with zero attached hydrogens (tertiary/aromatic N) is 2. The van der Waals surface area contributed by atoms with Crippen molar-refractivity contribution in [2.24, 2.45) is 0 Å². The SMILES string of the molecule is CCC(C)=C/C=C(/c1ccc(OC)c(OC)c1)n1nc([C-]=O)cc1C.[U]. The van der Waals surface area contributed by atoms with E-state index in [2.05, 4.69) is 25.0 Å². The second-order valence-corrected chi connectivity index (χ2v) is 5.67. The van der Waals surface area contributed by atoms with E-state index in [9.17, 15) is 4.79 Å². The third-order valence-electron chi connectivity index (χ3n) is 3.98. The molecule has 0 unspecified atom stereocenters. The van der Waals surface area contributed by atoms with Crippen LogP contribution in [0, 0.1) is 38.0 Å². The first-order chi connectivity index (χ1) is 12.0. The van der Waals surface area contributed by atoms with Crippen LogP contribution < -0.4 is 9.47 Å². The Labute approximate surface area is 178 Å². The molecular weight excluding hydrogens is 554 g/mol. The fourth-order valence-corrected chi connectivity index (χ4v) is 2.39. The summed E-state index contributed by atoms with van der Waals surface area (Å²) in [6.45, 7) is 6.08. The Balaban J connectivity index is 0.00000338. The van der Waals surface area contributed by atoms with Crippen molar-refractivity contribution in [2.45, 2.75) is 27.2 Å². The van der Waals surface area contributed by atoms with E-state index in [0.717, 1.165) is 23.4 Å². The van der Waals surface area contributed by atoms with E-state index in [1.165, 1.54) is 5.57 Å². The minimum Gasteiger partial charge on any atom is -0.493 e. The van der Waals surface area contributed by atoms with Crippen LogP contribution in [0.5, 0.6) is 11.5 Å². The molecule has 5 nitrogen and oxygen atoms in total. The Hall–Kier alpha value is -1.77. The van der Waals surface area contributed by atoms with Gasteiger partial charge in [0.15, 0.2) is 11.5 Å². The smallest absolute Gasteiger partial charge is 0.161 e. The summed E-state index contributed by atoms with van der Waals surface area (Å²) in [6, 6.07) is 7.39. The molecule has 2 rings (SSSR count). The minimum atomic E-state index is 0. The van der Waals surface area contributed by atoms with E-state index in [4.69, 9.17) is 9.47 Å². The summed E-state index contributed by atoms with van der Waals surface area (Å²) in [4.78, 5) is 11.0. The summed E-state index contributed by atoms with van der Waals surface area (Å²) in [5.41, 5.74) is 4.11. The van der Waals surface area contributed by atoms with Crippen LogP contribution in [0.3, 0.4) is 0 Å². The van der Waals surface area contributed by atoms with E-state index >= 15 is 0 Å². The Morgan fingerprint density at radius 3 is 2.42 bits per heavy atom. The molecule has 0 saturated carbocycles. The van der Waals surface area contributed by atoms with Crippen LogP contribution in [0.15, 0.2) is 42.0 Å². The van der Waals surface area contributed by atoms with E-state index in [0.29, 0.717) is 11.5 Å². The first-order valence-electron chi connectivity index (χ1n) is 8.09. The zero-order chi connectivity index (χ0) is 18.4. The van der Waals surface area contributed by atoms with Crippen LogP contribution in [0.4, 0.5) is 0 Å². The maximum atomic E-state index is 11.0. The maximum absolute atomic E-state index is 11.0. The Kier molecular flexibility index (Phi) is 8.91. The second-order valence-electron chi connectivity index (χ2n) is 5.67. The van der Waals surface area contributed by atoms with E-state index in [1.807, 2.05) is 37.5 Å². The summed E-state index contributed by atoms with van der Waals surface area (Å²) < 4.78 is 12.5. The quantitative estimate of drug-likeness (QED) is 0.370. The van der Waals surface area contributed by atoms with Crippen molar-refractivity contribution in [3.8, 4) is 11.5 Å². The van der Waals surface area contributed by atoms with Crippen molar-refractivity contribution >= 4 is 12.0 Å². The summed E-state index contributed by atoms with van der Waals surface area (Å²) in [5, 5.41) is 4.33. The third kappa shape index (κ3) is 5.12. The van der Waals surface area contributed by atoms with E-state index < -0.39 is 0 Å². The number of carbonyl (C=O) groups excluding carboxylic acids is 1. The fourth-order valence-electron chi connectivity index (χ4n) is 2.39. The summed E-state index contributed by atoms with van der Waals surface area (Å²) in [7, 11) is 3.20. The molecule has 2 aromatic rings. The molecule has 0 fully saturated rings. The van der Waals surface area contributed by atoms with Gasteiger partial charge in [0.1, 0.15) is 0 Å². The first-order valence-corrected chi connectivity index (χ1v) is 8.09. The average Bonchev–Trinajstić information content (AvgIpc) is 3.02. The Morgan fingerprint density at radius 1 is 1.19 bits per heavy atom. The van der Waals surface area contributed by atoms with Gasteiger partial charge in [0.25, 0.3) is 0 Å². The summed E-state index contributed by atoms with van der Waals surface area (Å²) in [5.74, 6) is 1.29. The normalized spacial score (nSPS) is 11.7. The molecule has 0 N–H and O–H groups in total. The maximum Gasteiger partial charge on any atom is 0.161 e. The molecule has 1 aromatic carbocycles. The van der Waals surface area contributed by atoms with Gasteiger partial charge in [-0.25, -0.2) is 5.10 Å². The minimum absolute atomic E-state index is 0. The van der Waals surface area contributed by atoms with Crippen LogP contribution in [-0.4, -0.2) is 30.3 Å². The molecule has 0 bridgehead atoms.